The van der Waals surface area contributed by atoms with Crippen molar-refractivity contribution in [3.63, 3.8) is 0 Å². The monoisotopic (exact) mass is 564 g/mol. The van der Waals surface area contributed by atoms with Gasteiger partial charge in [-0.25, -0.2) is 9.59 Å². The van der Waals surface area contributed by atoms with Gasteiger partial charge in [0.1, 0.15) is 6.61 Å². The van der Waals surface area contributed by atoms with Gasteiger partial charge in [-0.1, -0.05) is 60.7 Å². The Labute approximate surface area is 244 Å². The zero-order chi connectivity index (χ0) is 29.6. The Balaban J connectivity index is 1.21. The van der Waals surface area contributed by atoms with Crippen LogP contribution in [-0.2, 0) is 14.0 Å². The van der Waals surface area contributed by atoms with Gasteiger partial charge in [0.25, 0.3) is 0 Å². The number of fused-ring (bicyclic) bond motifs is 4. The normalized spacial score (nSPS) is 17.2. The van der Waals surface area contributed by atoms with Gasteiger partial charge in [0, 0.05) is 29.6 Å². The maximum absolute atomic E-state index is 13.0. The molecule has 2 aliphatic rings. The van der Waals surface area contributed by atoms with Crippen LogP contribution < -0.4 is 5.32 Å². The number of amides is 1. The van der Waals surface area contributed by atoms with Gasteiger partial charge in [-0.15, -0.1) is 0 Å². The van der Waals surface area contributed by atoms with E-state index in [1.54, 1.807) is 6.07 Å². The van der Waals surface area contributed by atoms with Crippen LogP contribution in [-0.4, -0.2) is 53.6 Å². The Morgan fingerprint density at radius 1 is 0.976 bits per heavy atom. The zero-order valence-electron chi connectivity index (χ0n) is 24.1. The fourth-order valence-corrected chi connectivity index (χ4v) is 5.64. The number of carboxylic acids is 1. The van der Waals surface area contributed by atoms with Crippen molar-refractivity contribution in [1.82, 2.24) is 10.3 Å². The minimum Gasteiger partial charge on any atom is -0.478 e. The molecule has 0 radical (unpaired) electrons. The molecule has 0 saturated carbocycles. The SMILES string of the molecule is CC1(C)OB(C(=Cc2ccc3[nH]cc(C(=O)O)c3c2)CNC(=O)OCC2c3ccccc3-c3ccccc32)OC1(C)C. The number of aromatic amines is 1. The standard InChI is InChI=1S/C33H33BN2O6/c1-32(2)33(3,4)42-34(41-32)21(15-20-13-14-29-26(16-20)27(18-35-29)30(37)38)17-36-31(39)40-19-28-24-11-7-5-9-22(24)23-10-6-8-12-25(23)28/h5-16,18,28,35H,17,19H2,1-4H3,(H,36,39)(H,37,38). The molecule has 0 bridgehead atoms. The summed E-state index contributed by atoms with van der Waals surface area (Å²) in [5, 5.41) is 13.0. The maximum atomic E-state index is 13.0. The molecule has 1 saturated heterocycles. The lowest BCUT2D eigenvalue weighted by Crippen LogP contribution is -2.41. The first-order chi connectivity index (χ1) is 20.0. The lowest BCUT2D eigenvalue weighted by atomic mass is 9.77. The number of alkyl carbamates (subject to hydrolysis) is 1. The number of hydrogen-bond acceptors (Lipinski definition) is 5. The Morgan fingerprint density at radius 2 is 1.60 bits per heavy atom. The Hall–Kier alpha value is -4.34. The molecule has 3 aromatic carbocycles. The van der Waals surface area contributed by atoms with Gasteiger partial charge in [-0.2, -0.15) is 0 Å². The summed E-state index contributed by atoms with van der Waals surface area (Å²) in [7, 11) is -0.718. The van der Waals surface area contributed by atoms with Gasteiger partial charge < -0.3 is 29.5 Å². The van der Waals surface area contributed by atoms with E-state index in [-0.39, 0.29) is 24.6 Å². The van der Waals surface area contributed by atoms with Gasteiger partial charge >= 0.3 is 19.2 Å². The third-order valence-electron chi connectivity index (χ3n) is 8.62. The molecule has 0 unspecified atom stereocenters. The number of benzene rings is 3. The molecular formula is C33H33BN2O6. The van der Waals surface area contributed by atoms with Crippen molar-refractivity contribution >= 4 is 36.2 Å². The topological polar surface area (TPSA) is 110 Å². The number of aromatic carboxylic acids is 1. The highest BCUT2D eigenvalue weighted by Gasteiger charge is 2.52. The van der Waals surface area contributed by atoms with Crippen LogP contribution in [0, 0.1) is 0 Å². The molecule has 214 valence electrons. The minimum atomic E-state index is -1.01. The van der Waals surface area contributed by atoms with E-state index in [0.717, 1.165) is 22.2 Å². The van der Waals surface area contributed by atoms with E-state index in [1.807, 2.05) is 70.2 Å². The summed E-state index contributed by atoms with van der Waals surface area (Å²) in [4.78, 5) is 27.7. The Kier molecular flexibility index (Phi) is 6.95. The third kappa shape index (κ3) is 4.99. The molecule has 1 aliphatic carbocycles. The molecule has 8 nitrogen and oxygen atoms in total. The first-order valence-corrected chi connectivity index (χ1v) is 14.0. The second-order valence-corrected chi connectivity index (χ2v) is 11.8. The highest BCUT2D eigenvalue weighted by atomic mass is 16.7. The highest BCUT2D eigenvalue weighted by molar-refractivity contribution is 6.56. The number of hydrogen-bond donors (Lipinski definition) is 3. The number of carbonyl (C=O) groups is 2. The Morgan fingerprint density at radius 3 is 2.21 bits per heavy atom. The molecule has 0 atom stereocenters. The molecule has 1 amide bonds. The summed E-state index contributed by atoms with van der Waals surface area (Å²) in [5.74, 6) is -1.05. The molecule has 1 aliphatic heterocycles. The predicted octanol–water partition coefficient (Wildman–Crippen LogP) is 6.42. The first kappa shape index (κ1) is 27.8. The van der Waals surface area contributed by atoms with Crippen LogP contribution >= 0.6 is 0 Å². The minimum absolute atomic E-state index is 0.0437. The summed E-state index contributed by atoms with van der Waals surface area (Å²) in [6.45, 7) is 8.19. The van der Waals surface area contributed by atoms with E-state index in [1.165, 1.54) is 17.3 Å². The van der Waals surface area contributed by atoms with Crippen molar-refractivity contribution in [1.29, 1.82) is 0 Å². The number of ether oxygens (including phenoxy) is 1. The number of H-pyrrole nitrogens is 1. The van der Waals surface area contributed by atoms with Crippen LogP contribution in [0.1, 0.15) is 60.7 Å². The van der Waals surface area contributed by atoms with Crippen LogP contribution in [0.25, 0.3) is 28.1 Å². The number of nitrogens with one attached hydrogen (secondary N) is 2. The molecule has 2 heterocycles. The lowest BCUT2D eigenvalue weighted by Gasteiger charge is -2.32. The summed E-state index contributed by atoms with van der Waals surface area (Å²) >= 11 is 0. The van der Waals surface area contributed by atoms with Crippen LogP contribution in [0.3, 0.4) is 0 Å². The summed E-state index contributed by atoms with van der Waals surface area (Å²) in [6.07, 6.45) is 2.80. The summed E-state index contributed by atoms with van der Waals surface area (Å²) in [6, 6.07) is 21.9. The Bertz CT molecular complexity index is 1660. The van der Waals surface area contributed by atoms with E-state index in [9.17, 15) is 14.7 Å². The quantitative estimate of drug-likeness (QED) is 0.224. The van der Waals surface area contributed by atoms with Gasteiger partial charge in [0.2, 0.25) is 0 Å². The zero-order valence-corrected chi connectivity index (χ0v) is 24.1. The van der Waals surface area contributed by atoms with Crippen molar-refractivity contribution < 1.29 is 28.7 Å². The maximum Gasteiger partial charge on any atom is 0.492 e. The summed E-state index contributed by atoms with van der Waals surface area (Å²) < 4.78 is 18.3. The van der Waals surface area contributed by atoms with E-state index < -0.39 is 30.4 Å². The van der Waals surface area contributed by atoms with Gasteiger partial charge in [-0.3, -0.25) is 0 Å². The van der Waals surface area contributed by atoms with Crippen molar-refractivity contribution in [2.75, 3.05) is 13.2 Å². The number of aromatic nitrogens is 1. The van der Waals surface area contributed by atoms with Gasteiger partial charge in [0.15, 0.2) is 0 Å². The number of rotatable bonds is 7. The largest absolute Gasteiger partial charge is 0.492 e. The molecular weight excluding hydrogens is 531 g/mol. The van der Waals surface area contributed by atoms with Crippen LogP contribution in [0.2, 0.25) is 0 Å². The molecule has 4 aromatic rings. The van der Waals surface area contributed by atoms with Crippen LogP contribution in [0.4, 0.5) is 4.79 Å². The van der Waals surface area contributed by atoms with Crippen LogP contribution in [0.15, 0.2) is 78.4 Å². The number of carbonyl (C=O) groups excluding carboxylic acids is 1. The van der Waals surface area contributed by atoms with Crippen molar-refractivity contribution in [2.45, 2.75) is 44.8 Å². The van der Waals surface area contributed by atoms with Gasteiger partial charge in [0.05, 0.1) is 16.8 Å². The van der Waals surface area contributed by atoms with E-state index in [4.69, 9.17) is 14.0 Å². The molecule has 1 aromatic heterocycles. The smallest absolute Gasteiger partial charge is 0.478 e. The van der Waals surface area contributed by atoms with Crippen molar-refractivity contribution in [3.8, 4) is 11.1 Å². The highest BCUT2D eigenvalue weighted by Crippen LogP contribution is 2.44. The lowest BCUT2D eigenvalue weighted by molar-refractivity contribution is 0.00578. The molecule has 6 rings (SSSR count). The molecule has 1 fully saturated rings. The molecule has 3 N–H and O–H groups in total. The van der Waals surface area contributed by atoms with Gasteiger partial charge in [-0.05, 0) is 73.1 Å². The second-order valence-electron chi connectivity index (χ2n) is 11.8. The molecule has 42 heavy (non-hydrogen) atoms. The van der Waals surface area contributed by atoms with Crippen molar-refractivity contribution in [3.05, 3.63) is 101 Å². The fourth-order valence-electron chi connectivity index (χ4n) is 5.64. The fraction of sp³-hybridized carbons (Fsp3) is 0.273. The predicted molar refractivity (Wildman–Crippen MR) is 162 cm³/mol. The first-order valence-electron chi connectivity index (χ1n) is 14.0. The average molecular weight is 564 g/mol. The van der Waals surface area contributed by atoms with E-state index in [0.29, 0.717) is 10.9 Å². The summed E-state index contributed by atoms with van der Waals surface area (Å²) in [5.41, 5.74) is 5.79. The van der Waals surface area contributed by atoms with E-state index >= 15 is 0 Å². The van der Waals surface area contributed by atoms with Crippen LogP contribution in [0.5, 0.6) is 0 Å². The van der Waals surface area contributed by atoms with E-state index in [2.05, 4.69) is 34.6 Å². The number of carboxylic acid groups (broad SMARTS) is 1. The average Bonchev–Trinajstić information content (AvgIpc) is 3.59. The third-order valence-corrected chi connectivity index (χ3v) is 8.62. The second kappa shape index (κ2) is 10.5. The molecule has 0 spiro atoms. The molecule has 9 heteroatoms. The van der Waals surface area contributed by atoms with Crippen molar-refractivity contribution in [2.24, 2.45) is 0 Å².